The minimum Gasteiger partial charge on any atom is -0.423 e. The summed E-state index contributed by atoms with van der Waals surface area (Å²) in [5.74, 6) is 0.393. The van der Waals surface area contributed by atoms with Gasteiger partial charge in [-0.25, -0.2) is 4.79 Å². The Morgan fingerprint density at radius 2 is 2.09 bits per heavy atom. The fourth-order valence-corrected chi connectivity index (χ4v) is 3.11. The van der Waals surface area contributed by atoms with Crippen molar-refractivity contribution < 1.29 is 14.0 Å². The summed E-state index contributed by atoms with van der Waals surface area (Å²) in [6, 6.07) is 1.37. The number of amides is 3. The summed E-state index contributed by atoms with van der Waals surface area (Å²) in [4.78, 5) is 26.0. The van der Waals surface area contributed by atoms with Crippen molar-refractivity contribution in [3.05, 3.63) is 34.2 Å². The van der Waals surface area contributed by atoms with Gasteiger partial charge in [-0.1, -0.05) is 20.8 Å². The van der Waals surface area contributed by atoms with Crippen LogP contribution in [-0.4, -0.2) is 27.0 Å². The summed E-state index contributed by atoms with van der Waals surface area (Å²) in [6.07, 6.45) is 0. The summed E-state index contributed by atoms with van der Waals surface area (Å²) in [6.45, 7) is 7.51. The first-order chi connectivity index (χ1) is 10.7. The molecule has 1 aliphatic rings. The van der Waals surface area contributed by atoms with Crippen molar-refractivity contribution in [1.82, 2.24) is 20.4 Å². The normalized spacial score (nSPS) is 21.8. The Hall–Kier alpha value is -2.22. The first-order valence-electron chi connectivity index (χ1n) is 7.21. The van der Waals surface area contributed by atoms with Crippen molar-refractivity contribution in [2.75, 3.05) is 0 Å². The van der Waals surface area contributed by atoms with Gasteiger partial charge in [-0.3, -0.25) is 9.69 Å². The van der Waals surface area contributed by atoms with E-state index < -0.39 is 11.6 Å². The van der Waals surface area contributed by atoms with Gasteiger partial charge in [0.25, 0.3) is 5.91 Å². The minimum atomic E-state index is -1.05. The number of carbonyl (C=O) groups excluding carboxylic acids is 2. The van der Waals surface area contributed by atoms with Gasteiger partial charge in [0.2, 0.25) is 11.8 Å². The third kappa shape index (κ3) is 2.63. The van der Waals surface area contributed by atoms with Gasteiger partial charge < -0.3 is 9.73 Å². The van der Waals surface area contributed by atoms with Crippen LogP contribution in [0, 0.1) is 0 Å². The van der Waals surface area contributed by atoms with E-state index in [1.54, 1.807) is 6.92 Å². The van der Waals surface area contributed by atoms with Gasteiger partial charge in [0.05, 0.1) is 0 Å². The Morgan fingerprint density at radius 1 is 1.35 bits per heavy atom. The Kier molecular flexibility index (Phi) is 3.51. The topological polar surface area (TPSA) is 88.3 Å². The molecule has 3 heterocycles. The molecule has 3 rings (SSSR count). The van der Waals surface area contributed by atoms with E-state index in [1.807, 2.05) is 37.6 Å². The molecule has 3 amide bonds. The molecule has 2 aromatic heterocycles. The van der Waals surface area contributed by atoms with Gasteiger partial charge in [0.15, 0.2) is 0 Å². The molecular weight excluding hydrogens is 316 g/mol. The highest BCUT2D eigenvalue weighted by Gasteiger charge is 2.49. The fraction of sp³-hybridized carbons (Fsp3) is 0.467. The molecule has 7 nitrogen and oxygen atoms in total. The van der Waals surface area contributed by atoms with Gasteiger partial charge in [0, 0.05) is 5.41 Å². The predicted molar refractivity (Wildman–Crippen MR) is 83.8 cm³/mol. The lowest BCUT2D eigenvalue weighted by molar-refractivity contribution is -0.131. The molecule has 2 aromatic rings. The number of nitrogens with zero attached hydrogens (tertiary/aromatic N) is 3. The number of nitrogens with one attached hydrogen (secondary N) is 1. The van der Waals surface area contributed by atoms with Crippen LogP contribution in [0.25, 0.3) is 0 Å². The van der Waals surface area contributed by atoms with E-state index >= 15 is 0 Å². The standard InChI is InChI=1S/C15H18N4O3S/c1-14(2,3)11-18-17-10(22-11)7-19-12(20)15(4,16-13(19)21)9-5-6-23-8-9/h5-6,8H,7H2,1-4H3,(H,16,21). The van der Waals surface area contributed by atoms with Crippen LogP contribution in [0.1, 0.15) is 45.0 Å². The summed E-state index contributed by atoms with van der Waals surface area (Å²) in [7, 11) is 0. The molecule has 0 saturated carbocycles. The van der Waals surface area contributed by atoms with Crippen molar-refractivity contribution in [2.45, 2.75) is 45.2 Å². The SMILES string of the molecule is CC(C)(C)c1nnc(CN2C(=O)NC(C)(c3ccsc3)C2=O)o1. The molecule has 1 aliphatic heterocycles. The number of thiophene rings is 1. The second-order valence-electron chi connectivity index (χ2n) is 6.71. The Labute approximate surface area is 137 Å². The summed E-state index contributed by atoms with van der Waals surface area (Å²) in [5.41, 5.74) is -0.568. The molecule has 122 valence electrons. The Morgan fingerprint density at radius 3 is 2.65 bits per heavy atom. The summed E-state index contributed by atoms with van der Waals surface area (Å²) in [5, 5.41) is 14.4. The molecule has 8 heteroatoms. The van der Waals surface area contributed by atoms with E-state index in [0.717, 1.165) is 10.5 Å². The molecule has 1 saturated heterocycles. The molecule has 1 fully saturated rings. The number of rotatable bonds is 3. The van der Waals surface area contributed by atoms with E-state index in [4.69, 9.17) is 4.42 Å². The van der Waals surface area contributed by atoms with Gasteiger partial charge in [-0.2, -0.15) is 11.3 Å². The largest absolute Gasteiger partial charge is 0.423 e. The predicted octanol–water partition coefficient (Wildman–Crippen LogP) is 2.40. The lowest BCUT2D eigenvalue weighted by Gasteiger charge is -2.20. The van der Waals surface area contributed by atoms with Crippen LogP contribution in [0.5, 0.6) is 0 Å². The van der Waals surface area contributed by atoms with E-state index in [1.165, 1.54) is 11.3 Å². The van der Waals surface area contributed by atoms with Crippen LogP contribution in [0.3, 0.4) is 0 Å². The molecule has 0 radical (unpaired) electrons. The second kappa shape index (κ2) is 5.16. The molecule has 23 heavy (non-hydrogen) atoms. The Bertz CT molecular complexity index is 747. The molecule has 0 aliphatic carbocycles. The molecule has 0 aromatic carbocycles. The highest BCUT2D eigenvalue weighted by atomic mass is 32.1. The van der Waals surface area contributed by atoms with Gasteiger partial charge in [-0.05, 0) is 29.3 Å². The number of urea groups is 1. The summed E-state index contributed by atoms with van der Waals surface area (Å²) >= 11 is 1.48. The van der Waals surface area contributed by atoms with Crippen molar-refractivity contribution in [3.8, 4) is 0 Å². The van der Waals surface area contributed by atoms with Gasteiger partial charge in [0.1, 0.15) is 12.1 Å². The molecule has 1 N–H and O–H groups in total. The highest BCUT2D eigenvalue weighted by Crippen LogP contribution is 2.31. The van der Waals surface area contributed by atoms with Crippen molar-refractivity contribution >= 4 is 23.3 Å². The van der Waals surface area contributed by atoms with Crippen LogP contribution >= 0.6 is 11.3 Å². The summed E-state index contributed by atoms with van der Waals surface area (Å²) < 4.78 is 5.57. The third-order valence-electron chi connectivity index (χ3n) is 3.78. The highest BCUT2D eigenvalue weighted by molar-refractivity contribution is 7.08. The van der Waals surface area contributed by atoms with E-state index in [0.29, 0.717) is 5.89 Å². The number of hydrogen-bond acceptors (Lipinski definition) is 6. The monoisotopic (exact) mass is 334 g/mol. The lowest BCUT2D eigenvalue weighted by Crippen LogP contribution is -2.40. The zero-order valence-corrected chi connectivity index (χ0v) is 14.2. The molecular formula is C15H18N4O3S. The van der Waals surface area contributed by atoms with Crippen LogP contribution in [0.4, 0.5) is 4.79 Å². The Balaban J connectivity index is 1.83. The maximum absolute atomic E-state index is 12.7. The van der Waals surface area contributed by atoms with E-state index in [2.05, 4.69) is 15.5 Å². The fourth-order valence-electron chi connectivity index (χ4n) is 2.34. The smallest absolute Gasteiger partial charge is 0.325 e. The van der Waals surface area contributed by atoms with Crippen molar-refractivity contribution in [2.24, 2.45) is 0 Å². The van der Waals surface area contributed by atoms with E-state index in [-0.39, 0.29) is 23.8 Å². The maximum atomic E-state index is 12.7. The van der Waals surface area contributed by atoms with Crippen molar-refractivity contribution in [1.29, 1.82) is 0 Å². The molecule has 0 spiro atoms. The average Bonchev–Trinajstić information content (AvgIpc) is 3.16. The number of hydrogen-bond donors (Lipinski definition) is 1. The third-order valence-corrected chi connectivity index (χ3v) is 4.46. The van der Waals surface area contributed by atoms with E-state index in [9.17, 15) is 9.59 Å². The first kappa shape index (κ1) is 15.7. The van der Waals surface area contributed by atoms with Crippen LogP contribution < -0.4 is 5.32 Å². The van der Waals surface area contributed by atoms with Crippen LogP contribution in [0.15, 0.2) is 21.2 Å². The van der Waals surface area contributed by atoms with Crippen molar-refractivity contribution in [3.63, 3.8) is 0 Å². The first-order valence-corrected chi connectivity index (χ1v) is 8.16. The van der Waals surface area contributed by atoms with Gasteiger partial charge in [-0.15, -0.1) is 10.2 Å². The zero-order chi connectivity index (χ0) is 16.8. The quantitative estimate of drug-likeness (QED) is 0.871. The maximum Gasteiger partial charge on any atom is 0.325 e. The lowest BCUT2D eigenvalue weighted by atomic mass is 9.95. The number of carbonyl (C=O) groups is 2. The average molecular weight is 334 g/mol. The molecule has 1 unspecified atom stereocenters. The van der Waals surface area contributed by atoms with Crippen LogP contribution in [0.2, 0.25) is 0 Å². The number of aromatic nitrogens is 2. The van der Waals surface area contributed by atoms with Gasteiger partial charge >= 0.3 is 6.03 Å². The minimum absolute atomic E-state index is 0.0343. The molecule has 0 bridgehead atoms. The van der Waals surface area contributed by atoms with Crippen LogP contribution in [-0.2, 0) is 22.3 Å². The second-order valence-corrected chi connectivity index (χ2v) is 7.49. The number of imide groups is 1. The zero-order valence-electron chi connectivity index (χ0n) is 13.4. The molecule has 1 atom stereocenters.